The zero-order chi connectivity index (χ0) is 30.4. The molecule has 8 heteroatoms. The lowest BCUT2D eigenvalue weighted by Crippen LogP contribution is -2.64. The lowest BCUT2D eigenvalue weighted by Gasteiger charge is -2.48. The summed E-state index contributed by atoms with van der Waals surface area (Å²) >= 11 is 0. The van der Waals surface area contributed by atoms with Crippen LogP contribution in [0.5, 0.6) is 0 Å². The molecule has 0 aromatic heterocycles. The van der Waals surface area contributed by atoms with Gasteiger partial charge in [0.25, 0.3) is 0 Å². The van der Waals surface area contributed by atoms with Crippen LogP contribution in [0.2, 0.25) is 0 Å². The van der Waals surface area contributed by atoms with Crippen molar-refractivity contribution in [3.63, 3.8) is 0 Å². The number of para-hydroxylation sites is 2. The summed E-state index contributed by atoms with van der Waals surface area (Å²) in [6.07, 6.45) is 5.66. The predicted octanol–water partition coefficient (Wildman–Crippen LogP) is 4.94. The number of carbonyl (C=O) groups is 3. The minimum absolute atomic E-state index is 0.00346. The van der Waals surface area contributed by atoms with Gasteiger partial charge in [-0.15, -0.1) is 0 Å². The predicted molar refractivity (Wildman–Crippen MR) is 170 cm³/mol. The second-order valence-corrected chi connectivity index (χ2v) is 13.7. The van der Waals surface area contributed by atoms with Crippen molar-refractivity contribution in [1.82, 2.24) is 9.80 Å². The fraction of sp³-hybridized carbons (Fsp3) is 0.514. The van der Waals surface area contributed by atoms with Crippen molar-refractivity contribution in [2.45, 2.75) is 77.3 Å². The number of amides is 2. The summed E-state index contributed by atoms with van der Waals surface area (Å²) in [6.45, 7) is 9.20. The van der Waals surface area contributed by atoms with E-state index in [-0.39, 0.29) is 29.6 Å². The van der Waals surface area contributed by atoms with Gasteiger partial charge < -0.3 is 20.9 Å². The summed E-state index contributed by atoms with van der Waals surface area (Å²) in [7, 11) is 0. The zero-order valence-corrected chi connectivity index (χ0v) is 25.8. The van der Waals surface area contributed by atoms with Crippen LogP contribution < -0.4 is 16.0 Å². The van der Waals surface area contributed by atoms with Crippen LogP contribution in [-0.2, 0) is 14.4 Å². The zero-order valence-electron chi connectivity index (χ0n) is 25.8. The molecule has 0 radical (unpaired) electrons. The van der Waals surface area contributed by atoms with Gasteiger partial charge in [-0.3, -0.25) is 19.3 Å². The number of ketones is 1. The fourth-order valence-electron chi connectivity index (χ4n) is 7.73. The normalized spacial score (nSPS) is 23.6. The fourth-order valence-corrected chi connectivity index (χ4v) is 7.73. The molecule has 0 bridgehead atoms. The van der Waals surface area contributed by atoms with Crippen LogP contribution in [0.1, 0.15) is 76.0 Å². The second kappa shape index (κ2) is 11.5. The highest BCUT2D eigenvalue weighted by molar-refractivity contribution is 6.02. The van der Waals surface area contributed by atoms with Crippen molar-refractivity contribution < 1.29 is 14.4 Å². The van der Waals surface area contributed by atoms with E-state index in [1.54, 1.807) is 0 Å². The molecule has 3 aliphatic heterocycles. The van der Waals surface area contributed by atoms with E-state index in [1.165, 1.54) is 6.42 Å². The molecule has 1 unspecified atom stereocenters. The summed E-state index contributed by atoms with van der Waals surface area (Å²) in [4.78, 5) is 47.2. The molecule has 3 heterocycles. The molecular formula is C35H45N5O3. The van der Waals surface area contributed by atoms with Gasteiger partial charge in [0, 0.05) is 30.8 Å². The van der Waals surface area contributed by atoms with Crippen molar-refractivity contribution in [2.75, 3.05) is 42.9 Å². The summed E-state index contributed by atoms with van der Waals surface area (Å²) in [6, 6.07) is 16.0. The summed E-state index contributed by atoms with van der Waals surface area (Å²) in [5.74, 6) is -0.150. The van der Waals surface area contributed by atoms with Crippen molar-refractivity contribution in [1.29, 1.82) is 0 Å². The maximum Gasteiger partial charge on any atom is 0.242 e. The van der Waals surface area contributed by atoms with E-state index in [4.69, 9.17) is 5.73 Å². The Kier molecular flexibility index (Phi) is 7.84. The van der Waals surface area contributed by atoms with E-state index >= 15 is 0 Å². The number of nitrogens with one attached hydrogen (secondary N) is 1. The lowest BCUT2D eigenvalue weighted by molar-refractivity contribution is -0.141. The van der Waals surface area contributed by atoms with E-state index < -0.39 is 11.6 Å². The molecular weight excluding hydrogens is 538 g/mol. The molecule has 0 spiro atoms. The van der Waals surface area contributed by atoms with Gasteiger partial charge >= 0.3 is 0 Å². The Morgan fingerprint density at radius 3 is 2.28 bits per heavy atom. The number of primary amides is 1. The lowest BCUT2D eigenvalue weighted by atomic mass is 9.73. The maximum atomic E-state index is 14.2. The van der Waals surface area contributed by atoms with E-state index in [1.807, 2.05) is 29.2 Å². The molecule has 4 aliphatic rings. The Morgan fingerprint density at radius 1 is 0.930 bits per heavy atom. The molecule has 2 amide bonds. The first-order chi connectivity index (χ1) is 20.6. The number of benzene rings is 2. The molecule has 0 saturated carbocycles. The largest absolute Gasteiger partial charge is 0.368 e. The Labute approximate surface area is 255 Å². The number of rotatable bonds is 5. The number of nitrogens with zero attached hydrogens (tertiary/aromatic N) is 3. The molecule has 2 saturated heterocycles. The minimum atomic E-state index is -0.679. The Balaban J connectivity index is 1.34. The van der Waals surface area contributed by atoms with Gasteiger partial charge in [0.15, 0.2) is 5.78 Å². The van der Waals surface area contributed by atoms with Gasteiger partial charge in [0.1, 0.15) is 5.54 Å². The molecule has 2 aromatic carbocycles. The summed E-state index contributed by atoms with van der Waals surface area (Å²) in [5, 5.41) is 3.64. The van der Waals surface area contributed by atoms with Gasteiger partial charge in [-0.1, -0.05) is 62.2 Å². The van der Waals surface area contributed by atoms with Crippen molar-refractivity contribution >= 4 is 29.0 Å². The third-order valence-corrected chi connectivity index (χ3v) is 10.1. The first kappa shape index (κ1) is 29.4. The number of hydrogen-bond donors (Lipinski definition) is 2. The van der Waals surface area contributed by atoms with Crippen LogP contribution in [0.3, 0.4) is 0 Å². The topological polar surface area (TPSA) is 99.0 Å². The number of nitrogens with two attached hydrogens (primary N) is 1. The third-order valence-electron chi connectivity index (χ3n) is 10.1. The Bertz CT molecular complexity index is 1430. The third kappa shape index (κ3) is 5.57. The minimum Gasteiger partial charge on any atom is -0.368 e. The maximum absolute atomic E-state index is 14.2. The van der Waals surface area contributed by atoms with Crippen LogP contribution in [0.25, 0.3) is 0 Å². The number of likely N-dealkylation sites (tertiary alicyclic amines) is 2. The number of fused-ring (bicyclic) bond motifs is 1. The quantitative estimate of drug-likeness (QED) is 0.517. The average molecular weight is 584 g/mol. The summed E-state index contributed by atoms with van der Waals surface area (Å²) in [5.41, 5.74) is 10.8. The highest BCUT2D eigenvalue weighted by Gasteiger charge is 2.47. The van der Waals surface area contributed by atoms with Gasteiger partial charge in [0.2, 0.25) is 11.8 Å². The van der Waals surface area contributed by atoms with E-state index in [9.17, 15) is 14.4 Å². The number of allylic oxidation sites excluding steroid dienone is 1. The second-order valence-electron chi connectivity index (χ2n) is 13.7. The van der Waals surface area contributed by atoms with E-state index in [2.05, 4.69) is 60.2 Å². The molecule has 6 rings (SSSR count). The molecule has 2 aromatic rings. The smallest absolute Gasteiger partial charge is 0.242 e. The first-order valence-electron chi connectivity index (χ1n) is 15.9. The van der Waals surface area contributed by atoms with Gasteiger partial charge in [-0.25, -0.2) is 0 Å². The van der Waals surface area contributed by atoms with Crippen LogP contribution >= 0.6 is 0 Å². The van der Waals surface area contributed by atoms with Crippen LogP contribution in [0.4, 0.5) is 11.4 Å². The van der Waals surface area contributed by atoms with Crippen molar-refractivity contribution in [3.8, 4) is 0 Å². The molecule has 43 heavy (non-hydrogen) atoms. The van der Waals surface area contributed by atoms with Gasteiger partial charge in [-0.05, 0) is 75.2 Å². The number of hydrogen-bond acceptors (Lipinski definition) is 6. The standard InChI is InChI=1S/C35H45N5O3/c1-24-11-13-25(14-12-24)32-31-27(21-34(2,3)22-29(31)41)37-26-9-5-6-10-28(26)40(32)23-30(42)38-19-15-35(16-20-38,33(36)43)39-17-7-4-8-18-39/h5-6,9-14,32,37H,4,7-8,15-23H2,1-3H3,(H2,36,43). The monoisotopic (exact) mass is 583 g/mol. The first-order valence-corrected chi connectivity index (χ1v) is 15.9. The highest BCUT2D eigenvalue weighted by Crippen LogP contribution is 2.48. The number of anilines is 2. The van der Waals surface area contributed by atoms with Crippen LogP contribution in [0.15, 0.2) is 59.8 Å². The average Bonchev–Trinajstić information content (AvgIpc) is 3.11. The molecule has 1 atom stereocenters. The van der Waals surface area contributed by atoms with Gasteiger partial charge in [0.05, 0.1) is 24.0 Å². The molecule has 2 fully saturated rings. The molecule has 3 N–H and O–H groups in total. The van der Waals surface area contributed by atoms with E-state index in [0.717, 1.165) is 66.1 Å². The van der Waals surface area contributed by atoms with E-state index in [0.29, 0.717) is 32.4 Å². The SMILES string of the molecule is Cc1ccc(C2C3=C(CC(C)(C)CC3=O)Nc3ccccc3N2CC(=O)N2CCC(C(N)=O)(N3CCCCC3)CC2)cc1. The van der Waals surface area contributed by atoms with Crippen molar-refractivity contribution in [2.24, 2.45) is 11.1 Å². The number of piperidine rings is 2. The molecule has 1 aliphatic carbocycles. The highest BCUT2D eigenvalue weighted by atomic mass is 16.2. The van der Waals surface area contributed by atoms with Crippen molar-refractivity contribution in [3.05, 3.63) is 70.9 Å². The summed E-state index contributed by atoms with van der Waals surface area (Å²) < 4.78 is 0. The Morgan fingerprint density at radius 2 is 1.60 bits per heavy atom. The number of aryl methyl sites for hydroxylation is 1. The van der Waals surface area contributed by atoms with Gasteiger partial charge in [-0.2, -0.15) is 0 Å². The number of carbonyl (C=O) groups excluding carboxylic acids is 3. The Hall–Kier alpha value is -3.65. The van der Waals surface area contributed by atoms with Crippen LogP contribution in [0, 0.1) is 12.3 Å². The van der Waals surface area contributed by atoms with Crippen LogP contribution in [-0.4, -0.2) is 65.7 Å². The number of Topliss-reactive ketones (excluding diaryl/α,β-unsaturated/α-hetero) is 1. The molecule has 8 nitrogen and oxygen atoms in total. The molecule has 228 valence electrons.